The van der Waals surface area contributed by atoms with Crippen LogP contribution < -0.4 is 4.74 Å². The molecule has 2 aliphatic rings. The number of carbonyl (C=O) groups is 1. The van der Waals surface area contributed by atoms with Gasteiger partial charge in [-0.05, 0) is 61.4 Å². The van der Waals surface area contributed by atoms with Crippen molar-refractivity contribution >= 4 is 5.78 Å². The first-order valence-electron chi connectivity index (χ1n) is 9.31. The van der Waals surface area contributed by atoms with Crippen molar-refractivity contribution in [3.05, 3.63) is 53.6 Å². The van der Waals surface area contributed by atoms with Gasteiger partial charge in [0.25, 0.3) is 0 Å². The van der Waals surface area contributed by atoms with Crippen LogP contribution in [0.4, 0.5) is 4.39 Å². The van der Waals surface area contributed by atoms with Gasteiger partial charge in [0.1, 0.15) is 11.4 Å². The number of nitrogens with zero attached hydrogens (tertiary/aromatic N) is 2. The minimum atomic E-state index is -0.305. The van der Waals surface area contributed by atoms with Gasteiger partial charge in [-0.3, -0.25) is 9.69 Å². The molecule has 1 aromatic heterocycles. The number of aromatic nitrogens is 1. The first-order chi connectivity index (χ1) is 13.0. The van der Waals surface area contributed by atoms with Crippen molar-refractivity contribution in [3.8, 4) is 11.5 Å². The van der Waals surface area contributed by atoms with E-state index in [0.29, 0.717) is 29.8 Å². The van der Waals surface area contributed by atoms with Crippen LogP contribution >= 0.6 is 0 Å². The van der Waals surface area contributed by atoms with Crippen molar-refractivity contribution < 1.29 is 19.0 Å². The number of rotatable bonds is 5. The van der Waals surface area contributed by atoms with Crippen molar-refractivity contribution in [3.63, 3.8) is 0 Å². The Morgan fingerprint density at radius 3 is 2.63 bits per heavy atom. The van der Waals surface area contributed by atoms with Crippen LogP contribution in [0.5, 0.6) is 11.5 Å². The Morgan fingerprint density at radius 1 is 1.26 bits per heavy atom. The van der Waals surface area contributed by atoms with Gasteiger partial charge in [-0.2, -0.15) is 0 Å². The average Bonchev–Trinajstić information content (AvgIpc) is 3.15. The van der Waals surface area contributed by atoms with Gasteiger partial charge in [0.05, 0.1) is 18.8 Å². The summed E-state index contributed by atoms with van der Waals surface area (Å²) in [5.74, 6) is 0.993. The molecule has 2 heterocycles. The van der Waals surface area contributed by atoms with Crippen molar-refractivity contribution in [2.24, 2.45) is 11.8 Å². The number of likely N-dealkylation sites (tertiary alicyclic amines) is 1. The summed E-state index contributed by atoms with van der Waals surface area (Å²) < 4.78 is 19.9. The maximum Gasteiger partial charge on any atom is 0.195 e. The first-order valence-corrected chi connectivity index (χ1v) is 9.31. The van der Waals surface area contributed by atoms with Gasteiger partial charge < -0.3 is 9.84 Å². The van der Waals surface area contributed by atoms with E-state index in [2.05, 4.69) is 9.88 Å². The molecule has 1 saturated heterocycles. The molecule has 2 fully saturated rings. The molecular weight excluding hydrogens is 347 g/mol. The fraction of sp³-hybridized carbons (Fsp3) is 0.429. The van der Waals surface area contributed by atoms with Gasteiger partial charge in [0, 0.05) is 13.1 Å². The Labute approximate surface area is 157 Å². The summed E-state index contributed by atoms with van der Waals surface area (Å²) in [4.78, 5) is 18.5. The molecule has 6 heteroatoms. The molecule has 4 rings (SSSR count). The molecule has 1 N–H and O–H groups in total. The number of pyridine rings is 1. The maximum atomic E-state index is 14.0. The summed E-state index contributed by atoms with van der Waals surface area (Å²) >= 11 is 0. The number of aryl methyl sites for hydroxylation is 1. The minimum absolute atomic E-state index is 0.0359. The fourth-order valence-electron chi connectivity index (χ4n) is 4.28. The molecule has 0 spiro atoms. The van der Waals surface area contributed by atoms with E-state index in [-0.39, 0.29) is 23.5 Å². The van der Waals surface area contributed by atoms with E-state index in [1.165, 1.54) is 18.3 Å². The van der Waals surface area contributed by atoms with E-state index in [9.17, 15) is 14.3 Å². The largest absolute Gasteiger partial charge is 0.506 e. The van der Waals surface area contributed by atoms with Gasteiger partial charge in [0.2, 0.25) is 0 Å². The number of ether oxygens (including phenoxy) is 1. The number of fused-ring (bicyclic) bond motifs is 1. The molecule has 5 nitrogen and oxygen atoms in total. The first kappa shape index (κ1) is 17.9. The van der Waals surface area contributed by atoms with E-state index in [1.54, 1.807) is 12.1 Å². The lowest BCUT2D eigenvalue weighted by atomic mass is 10.0. The number of Topliss-reactive ketones (excluding diaryl/α,β-unsaturated/α-hetero) is 1. The third kappa shape index (κ3) is 3.95. The van der Waals surface area contributed by atoms with Crippen molar-refractivity contribution in [1.29, 1.82) is 0 Å². The molecule has 142 valence electrons. The molecule has 1 saturated carbocycles. The lowest BCUT2D eigenvalue weighted by molar-refractivity contribution is 0.0931. The molecule has 1 aromatic carbocycles. The molecule has 1 aliphatic carbocycles. The summed E-state index contributed by atoms with van der Waals surface area (Å²) in [7, 11) is 0. The number of aromatic hydroxyl groups is 1. The highest BCUT2D eigenvalue weighted by Gasteiger charge is 2.42. The van der Waals surface area contributed by atoms with E-state index >= 15 is 0 Å². The second-order valence-corrected chi connectivity index (χ2v) is 7.68. The second kappa shape index (κ2) is 7.27. The predicted octanol–water partition coefficient (Wildman–Crippen LogP) is 3.21. The Morgan fingerprint density at radius 2 is 2.00 bits per heavy atom. The van der Waals surface area contributed by atoms with Crippen LogP contribution in [-0.4, -0.2) is 46.5 Å². The summed E-state index contributed by atoms with van der Waals surface area (Å²) in [6, 6.07) is 8.09. The van der Waals surface area contributed by atoms with E-state index < -0.39 is 0 Å². The topological polar surface area (TPSA) is 62.7 Å². The van der Waals surface area contributed by atoms with Gasteiger partial charge in [-0.15, -0.1) is 0 Å². The van der Waals surface area contributed by atoms with Crippen LogP contribution in [0.15, 0.2) is 36.5 Å². The van der Waals surface area contributed by atoms with E-state index in [0.717, 1.165) is 31.5 Å². The highest BCUT2D eigenvalue weighted by molar-refractivity contribution is 5.95. The van der Waals surface area contributed by atoms with Crippen LogP contribution in [0.2, 0.25) is 0 Å². The molecule has 0 unspecified atom stereocenters. The van der Waals surface area contributed by atoms with E-state index in [4.69, 9.17) is 4.74 Å². The Kier molecular flexibility index (Phi) is 4.83. The molecule has 0 amide bonds. The zero-order chi connectivity index (χ0) is 19.0. The number of hydrogen-bond acceptors (Lipinski definition) is 5. The van der Waals surface area contributed by atoms with Crippen LogP contribution in [0, 0.1) is 24.6 Å². The number of hydrogen-bond donors (Lipinski definition) is 1. The Bertz CT molecular complexity index is 826. The highest BCUT2D eigenvalue weighted by Crippen LogP contribution is 2.40. The predicted molar refractivity (Wildman–Crippen MR) is 98.4 cm³/mol. The third-order valence-corrected chi connectivity index (χ3v) is 5.57. The molecule has 0 radical (unpaired) electrons. The van der Waals surface area contributed by atoms with Crippen molar-refractivity contribution in [1.82, 2.24) is 9.88 Å². The van der Waals surface area contributed by atoms with Gasteiger partial charge in [-0.25, -0.2) is 9.37 Å². The third-order valence-electron chi connectivity index (χ3n) is 5.57. The number of benzene rings is 1. The number of halogens is 1. The van der Waals surface area contributed by atoms with Crippen LogP contribution in [0.3, 0.4) is 0 Å². The number of ketones is 1. The zero-order valence-corrected chi connectivity index (χ0v) is 15.3. The zero-order valence-electron chi connectivity index (χ0n) is 15.3. The molecule has 3 atom stereocenters. The second-order valence-electron chi connectivity index (χ2n) is 7.68. The lowest BCUT2D eigenvalue weighted by Gasteiger charge is -2.19. The Hall–Kier alpha value is -2.47. The smallest absolute Gasteiger partial charge is 0.195 e. The molecule has 2 aromatic rings. The van der Waals surface area contributed by atoms with Crippen molar-refractivity contribution in [2.45, 2.75) is 25.9 Å². The summed E-state index contributed by atoms with van der Waals surface area (Å²) in [5, 5.41) is 9.27. The number of carbonyl (C=O) groups excluding carboxylic acids is 1. The van der Waals surface area contributed by atoms with Crippen LogP contribution in [-0.2, 0) is 0 Å². The van der Waals surface area contributed by atoms with Crippen LogP contribution in [0.1, 0.15) is 28.9 Å². The maximum absolute atomic E-state index is 14.0. The SMILES string of the molecule is Cc1ccc(O[C@H]2C[C@@H]3CN(CC(=O)c4ccc(O)cn4)C[C@@H]3C2)c(F)c1. The molecule has 0 bridgehead atoms. The minimum Gasteiger partial charge on any atom is -0.506 e. The quantitative estimate of drug-likeness (QED) is 0.819. The summed E-state index contributed by atoms with van der Waals surface area (Å²) in [5.41, 5.74) is 1.26. The van der Waals surface area contributed by atoms with Gasteiger partial charge in [0.15, 0.2) is 17.3 Å². The molecule has 27 heavy (non-hydrogen) atoms. The standard InChI is InChI=1S/C21H23FN2O3/c1-13-2-5-21(18(22)6-13)27-17-7-14-10-24(11-15(14)8-17)12-20(26)19-4-3-16(25)9-23-19/h2-6,9,14-15,17,25H,7-8,10-12H2,1H3/t14-,15+,17+. The highest BCUT2D eigenvalue weighted by atomic mass is 19.1. The fourth-order valence-corrected chi connectivity index (χ4v) is 4.28. The normalized spacial score (nSPS) is 24.7. The van der Waals surface area contributed by atoms with E-state index in [1.807, 2.05) is 13.0 Å². The average molecular weight is 370 g/mol. The summed E-state index contributed by atoms with van der Waals surface area (Å²) in [6.07, 6.45) is 3.10. The monoisotopic (exact) mass is 370 g/mol. The molecule has 1 aliphatic heterocycles. The summed E-state index contributed by atoms with van der Waals surface area (Å²) in [6.45, 7) is 3.90. The Balaban J connectivity index is 1.30. The van der Waals surface area contributed by atoms with Crippen molar-refractivity contribution in [2.75, 3.05) is 19.6 Å². The van der Waals surface area contributed by atoms with Gasteiger partial charge >= 0.3 is 0 Å². The van der Waals surface area contributed by atoms with Gasteiger partial charge in [-0.1, -0.05) is 6.07 Å². The molecular formula is C21H23FN2O3. The lowest BCUT2D eigenvalue weighted by Crippen LogP contribution is -2.30. The van der Waals surface area contributed by atoms with Crippen LogP contribution in [0.25, 0.3) is 0 Å².